The second-order valence-corrected chi connectivity index (χ2v) is 2.68. The molecule has 0 aliphatic heterocycles. The van der Waals surface area contributed by atoms with Gasteiger partial charge in [-0.3, -0.25) is 0 Å². The van der Waals surface area contributed by atoms with Gasteiger partial charge in [-0.15, -0.1) is 0 Å². The molecule has 0 unspecified atom stereocenters. The predicted molar refractivity (Wildman–Crippen MR) is 39.0 cm³/mol. The predicted octanol–water partition coefficient (Wildman–Crippen LogP) is 1.68. The van der Waals surface area contributed by atoms with E-state index in [0.29, 0.717) is 11.2 Å². The summed E-state index contributed by atoms with van der Waals surface area (Å²) in [5, 5.41) is 0.666. The molecule has 0 bridgehead atoms. The number of ether oxygens (including phenoxy) is 1. The van der Waals surface area contributed by atoms with E-state index < -0.39 is 0 Å². The Morgan fingerprint density at radius 3 is 3.10 bits per heavy atom. The van der Waals surface area contributed by atoms with Crippen LogP contribution >= 0.6 is 11.8 Å². The summed E-state index contributed by atoms with van der Waals surface area (Å²) in [5.74, 6) is 0.583. The highest BCUT2D eigenvalue weighted by atomic mass is 32.2. The number of oxazole rings is 1. The van der Waals surface area contributed by atoms with E-state index in [2.05, 4.69) is 4.98 Å². The number of hydrogen-bond acceptors (Lipinski definition) is 4. The highest BCUT2D eigenvalue weighted by molar-refractivity contribution is 7.98. The summed E-state index contributed by atoms with van der Waals surface area (Å²) in [5.41, 5.74) is 0.901. The van der Waals surface area contributed by atoms with E-state index in [9.17, 15) is 0 Å². The van der Waals surface area contributed by atoms with Crippen molar-refractivity contribution in [1.82, 2.24) is 4.98 Å². The summed E-state index contributed by atoms with van der Waals surface area (Å²) in [7, 11) is 1.64. The van der Waals surface area contributed by atoms with Crippen molar-refractivity contribution in [3.8, 4) is 0 Å². The van der Waals surface area contributed by atoms with Crippen LogP contribution in [-0.2, 0) is 4.74 Å². The Labute approximate surface area is 63.8 Å². The van der Waals surface area contributed by atoms with Crippen LogP contribution in [0.3, 0.4) is 0 Å². The first-order valence-corrected chi connectivity index (χ1v) is 3.85. The van der Waals surface area contributed by atoms with Crippen molar-refractivity contribution in [3.05, 3.63) is 12.0 Å². The molecule has 0 fully saturated rings. The number of methoxy groups -OCH3 is 1. The van der Waals surface area contributed by atoms with Gasteiger partial charge in [-0.05, 0) is 18.7 Å². The first-order valence-electron chi connectivity index (χ1n) is 2.87. The van der Waals surface area contributed by atoms with E-state index in [1.807, 2.05) is 6.92 Å². The number of rotatable bonds is 3. The molecule has 1 rings (SSSR count). The van der Waals surface area contributed by atoms with Gasteiger partial charge in [0.25, 0.3) is 5.22 Å². The van der Waals surface area contributed by atoms with Crippen LogP contribution in [0.4, 0.5) is 0 Å². The molecule has 0 atom stereocenters. The van der Waals surface area contributed by atoms with E-state index in [-0.39, 0.29) is 0 Å². The average molecular weight is 159 g/mol. The van der Waals surface area contributed by atoms with Crippen molar-refractivity contribution in [2.24, 2.45) is 0 Å². The number of nitrogens with zero attached hydrogens (tertiary/aromatic N) is 1. The molecule has 0 radical (unpaired) electrons. The van der Waals surface area contributed by atoms with Crippen molar-refractivity contribution in [3.63, 3.8) is 0 Å². The Hall–Kier alpha value is -0.480. The second-order valence-electron chi connectivity index (χ2n) is 1.81. The zero-order chi connectivity index (χ0) is 7.40. The molecule has 1 aromatic rings. The van der Waals surface area contributed by atoms with Gasteiger partial charge in [0.15, 0.2) is 0 Å². The van der Waals surface area contributed by atoms with Gasteiger partial charge in [-0.1, -0.05) is 0 Å². The fraction of sp³-hybridized carbons (Fsp3) is 0.500. The number of aryl methyl sites for hydroxylation is 1. The Bertz CT molecular complexity index is 199. The summed E-state index contributed by atoms with van der Waals surface area (Å²) in [6.07, 6.45) is 1.62. The Morgan fingerprint density at radius 1 is 1.80 bits per heavy atom. The zero-order valence-electron chi connectivity index (χ0n) is 5.96. The highest BCUT2D eigenvalue weighted by Crippen LogP contribution is 2.15. The fourth-order valence-electron chi connectivity index (χ4n) is 0.508. The van der Waals surface area contributed by atoms with Crippen molar-refractivity contribution < 1.29 is 9.15 Å². The van der Waals surface area contributed by atoms with Crippen LogP contribution in [0.25, 0.3) is 0 Å². The van der Waals surface area contributed by atoms with Gasteiger partial charge >= 0.3 is 0 Å². The molecule has 1 heterocycles. The summed E-state index contributed by atoms with van der Waals surface area (Å²) in [6.45, 7) is 1.89. The SMILES string of the molecule is COCSc1nc(C)co1. The topological polar surface area (TPSA) is 35.3 Å². The van der Waals surface area contributed by atoms with Crippen molar-refractivity contribution in [2.75, 3.05) is 13.0 Å². The van der Waals surface area contributed by atoms with E-state index in [4.69, 9.17) is 9.15 Å². The quantitative estimate of drug-likeness (QED) is 0.496. The molecular weight excluding hydrogens is 150 g/mol. The second kappa shape index (κ2) is 3.63. The van der Waals surface area contributed by atoms with E-state index in [1.165, 1.54) is 11.8 Å². The average Bonchev–Trinajstić information content (AvgIpc) is 2.31. The highest BCUT2D eigenvalue weighted by Gasteiger charge is 1.98. The Kier molecular flexibility index (Phi) is 2.77. The van der Waals surface area contributed by atoms with Gasteiger partial charge < -0.3 is 9.15 Å². The maximum atomic E-state index is 5.04. The minimum Gasteiger partial charge on any atom is -0.440 e. The molecular formula is C6H9NO2S. The third-order valence-corrected chi connectivity index (χ3v) is 1.69. The molecule has 4 heteroatoms. The lowest BCUT2D eigenvalue weighted by Gasteiger charge is -1.90. The van der Waals surface area contributed by atoms with Gasteiger partial charge in [0.2, 0.25) is 0 Å². The van der Waals surface area contributed by atoms with E-state index in [0.717, 1.165) is 5.69 Å². The number of thioether (sulfide) groups is 1. The molecule has 3 nitrogen and oxygen atoms in total. The first-order chi connectivity index (χ1) is 4.83. The van der Waals surface area contributed by atoms with Crippen LogP contribution in [0.5, 0.6) is 0 Å². The molecule has 0 N–H and O–H groups in total. The minimum absolute atomic E-state index is 0.583. The van der Waals surface area contributed by atoms with Gasteiger partial charge in [-0.2, -0.15) is 0 Å². The fourth-order valence-corrected chi connectivity index (χ4v) is 1.05. The standard InChI is InChI=1S/C6H9NO2S/c1-5-3-9-6(7-5)10-4-8-2/h3H,4H2,1-2H3. The summed E-state index contributed by atoms with van der Waals surface area (Å²) in [6, 6.07) is 0. The molecule has 0 amide bonds. The lowest BCUT2D eigenvalue weighted by molar-refractivity contribution is 0.257. The van der Waals surface area contributed by atoms with Crippen molar-refractivity contribution in [1.29, 1.82) is 0 Å². The van der Waals surface area contributed by atoms with Crippen LogP contribution in [0.15, 0.2) is 15.9 Å². The van der Waals surface area contributed by atoms with Gasteiger partial charge in [0.05, 0.1) is 5.69 Å². The summed E-state index contributed by atoms with van der Waals surface area (Å²) >= 11 is 1.44. The monoisotopic (exact) mass is 159 g/mol. The van der Waals surface area contributed by atoms with Gasteiger partial charge in [0.1, 0.15) is 12.2 Å². The number of aromatic nitrogens is 1. The molecule has 56 valence electrons. The molecule has 0 aliphatic rings. The normalized spacial score (nSPS) is 10.2. The third kappa shape index (κ3) is 2.04. The third-order valence-electron chi connectivity index (χ3n) is 0.898. The van der Waals surface area contributed by atoms with Crippen LogP contribution < -0.4 is 0 Å². The smallest absolute Gasteiger partial charge is 0.258 e. The largest absolute Gasteiger partial charge is 0.440 e. The Morgan fingerprint density at radius 2 is 2.60 bits per heavy atom. The molecule has 0 aliphatic carbocycles. The maximum Gasteiger partial charge on any atom is 0.258 e. The molecule has 0 saturated heterocycles. The lowest BCUT2D eigenvalue weighted by atomic mass is 10.6. The van der Waals surface area contributed by atoms with E-state index in [1.54, 1.807) is 13.4 Å². The lowest BCUT2D eigenvalue weighted by Crippen LogP contribution is -1.80. The van der Waals surface area contributed by atoms with Gasteiger partial charge in [0, 0.05) is 7.11 Å². The van der Waals surface area contributed by atoms with Crippen LogP contribution in [-0.4, -0.2) is 18.0 Å². The molecule has 0 aromatic carbocycles. The summed E-state index contributed by atoms with van der Waals surface area (Å²) in [4.78, 5) is 4.06. The Balaban J connectivity index is 2.42. The molecule has 10 heavy (non-hydrogen) atoms. The van der Waals surface area contributed by atoms with Gasteiger partial charge in [-0.25, -0.2) is 4.98 Å². The van der Waals surface area contributed by atoms with E-state index >= 15 is 0 Å². The van der Waals surface area contributed by atoms with Crippen LogP contribution in [0.2, 0.25) is 0 Å². The molecule has 1 aromatic heterocycles. The zero-order valence-corrected chi connectivity index (χ0v) is 6.77. The molecule has 0 spiro atoms. The van der Waals surface area contributed by atoms with Crippen LogP contribution in [0.1, 0.15) is 5.69 Å². The summed E-state index contributed by atoms with van der Waals surface area (Å²) < 4.78 is 9.86. The molecule has 0 saturated carbocycles. The van der Waals surface area contributed by atoms with Crippen LogP contribution in [0, 0.1) is 6.92 Å². The van der Waals surface area contributed by atoms with Crippen molar-refractivity contribution >= 4 is 11.8 Å². The number of hydrogen-bond donors (Lipinski definition) is 0. The first kappa shape index (κ1) is 7.63. The minimum atomic E-state index is 0.583. The van der Waals surface area contributed by atoms with Crippen molar-refractivity contribution in [2.45, 2.75) is 12.1 Å². The maximum absolute atomic E-state index is 5.04.